The molecule has 1 fully saturated rings. The lowest BCUT2D eigenvalue weighted by Gasteiger charge is -2.36. The molecule has 0 spiro atoms. The van der Waals surface area contributed by atoms with E-state index in [1.54, 1.807) is 12.1 Å². The lowest BCUT2D eigenvalue weighted by Crippen LogP contribution is -2.42. The fourth-order valence-corrected chi connectivity index (χ4v) is 2.88. The SMILES string of the molecule is COc1cc(CNC(=O)CC2(C(=O)O)CCC2)cc(OC)c1OC. The Balaban J connectivity index is 2.03. The predicted octanol–water partition coefficient (Wildman–Crippen LogP) is 1.97. The highest BCUT2D eigenvalue weighted by Gasteiger charge is 2.45. The number of carbonyl (C=O) groups is 2. The van der Waals surface area contributed by atoms with E-state index >= 15 is 0 Å². The average molecular weight is 337 g/mol. The molecule has 0 radical (unpaired) electrons. The van der Waals surface area contributed by atoms with Crippen LogP contribution in [0.1, 0.15) is 31.2 Å². The zero-order valence-corrected chi connectivity index (χ0v) is 14.2. The van der Waals surface area contributed by atoms with Crippen molar-refractivity contribution in [2.24, 2.45) is 5.41 Å². The number of amides is 1. The molecule has 7 heteroatoms. The van der Waals surface area contributed by atoms with Gasteiger partial charge in [0, 0.05) is 13.0 Å². The monoisotopic (exact) mass is 337 g/mol. The van der Waals surface area contributed by atoms with Crippen LogP contribution in [0.4, 0.5) is 0 Å². The van der Waals surface area contributed by atoms with Crippen LogP contribution in [0, 0.1) is 5.41 Å². The molecule has 24 heavy (non-hydrogen) atoms. The maximum atomic E-state index is 12.1. The summed E-state index contributed by atoms with van der Waals surface area (Å²) in [6.45, 7) is 0.255. The highest BCUT2D eigenvalue weighted by atomic mass is 16.5. The van der Waals surface area contributed by atoms with Crippen molar-refractivity contribution in [2.75, 3.05) is 21.3 Å². The molecule has 132 valence electrons. The summed E-state index contributed by atoms with van der Waals surface area (Å²) in [5.74, 6) is 0.320. The second kappa shape index (κ2) is 7.42. The van der Waals surface area contributed by atoms with E-state index < -0.39 is 11.4 Å². The van der Waals surface area contributed by atoms with Crippen molar-refractivity contribution < 1.29 is 28.9 Å². The number of nitrogens with one attached hydrogen (secondary N) is 1. The Bertz CT molecular complexity index is 599. The quantitative estimate of drug-likeness (QED) is 0.753. The third kappa shape index (κ3) is 3.55. The number of carboxylic acid groups (broad SMARTS) is 1. The van der Waals surface area contributed by atoms with E-state index in [1.807, 2.05) is 0 Å². The summed E-state index contributed by atoms with van der Waals surface area (Å²) in [6.07, 6.45) is 1.97. The lowest BCUT2D eigenvalue weighted by atomic mass is 9.66. The second-order valence-electron chi connectivity index (χ2n) is 5.93. The van der Waals surface area contributed by atoms with E-state index in [1.165, 1.54) is 21.3 Å². The summed E-state index contributed by atoms with van der Waals surface area (Å²) in [5, 5.41) is 12.0. The van der Waals surface area contributed by atoms with E-state index in [0.29, 0.717) is 30.1 Å². The van der Waals surface area contributed by atoms with Crippen LogP contribution in [-0.4, -0.2) is 38.3 Å². The zero-order chi connectivity index (χ0) is 17.7. The molecule has 2 rings (SSSR count). The Morgan fingerprint density at radius 2 is 1.71 bits per heavy atom. The fraction of sp³-hybridized carbons (Fsp3) is 0.529. The first-order valence-electron chi connectivity index (χ1n) is 7.74. The first-order valence-corrected chi connectivity index (χ1v) is 7.74. The summed E-state index contributed by atoms with van der Waals surface area (Å²) in [5.41, 5.74) is -0.116. The molecule has 0 atom stereocenters. The van der Waals surface area contributed by atoms with Gasteiger partial charge in [0.15, 0.2) is 11.5 Å². The van der Waals surface area contributed by atoms with E-state index in [0.717, 1.165) is 12.0 Å². The van der Waals surface area contributed by atoms with Gasteiger partial charge in [0.2, 0.25) is 11.7 Å². The van der Waals surface area contributed by atoms with E-state index in [-0.39, 0.29) is 18.9 Å². The first kappa shape index (κ1) is 17.9. The third-order valence-electron chi connectivity index (χ3n) is 4.48. The summed E-state index contributed by atoms with van der Waals surface area (Å²) < 4.78 is 15.8. The number of carboxylic acids is 1. The number of rotatable bonds is 8. The van der Waals surface area contributed by atoms with E-state index in [2.05, 4.69) is 5.32 Å². The van der Waals surface area contributed by atoms with Gasteiger partial charge in [-0.15, -0.1) is 0 Å². The fourth-order valence-electron chi connectivity index (χ4n) is 2.88. The second-order valence-corrected chi connectivity index (χ2v) is 5.93. The number of aliphatic carboxylic acids is 1. The predicted molar refractivity (Wildman–Crippen MR) is 86.5 cm³/mol. The third-order valence-corrected chi connectivity index (χ3v) is 4.48. The summed E-state index contributed by atoms with van der Waals surface area (Å²) in [4.78, 5) is 23.4. The standard InChI is InChI=1S/C17H23NO6/c1-22-12-7-11(8-13(23-2)15(12)24-3)10-18-14(19)9-17(16(20)21)5-4-6-17/h7-8H,4-6,9-10H2,1-3H3,(H,18,19)(H,20,21). The van der Waals surface area contributed by atoms with Gasteiger partial charge in [-0.2, -0.15) is 0 Å². The van der Waals surface area contributed by atoms with E-state index in [4.69, 9.17) is 14.2 Å². The van der Waals surface area contributed by atoms with Gasteiger partial charge < -0.3 is 24.6 Å². The molecule has 1 aromatic rings. The van der Waals surface area contributed by atoms with Crippen molar-refractivity contribution in [3.63, 3.8) is 0 Å². The van der Waals surface area contributed by atoms with Crippen molar-refractivity contribution in [3.05, 3.63) is 17.7 Å². The van der Waals surface area contributed by atoms with Gasteiger partial charge >= 0.3 is 5.97 Å². The minimum Gasteiger partial charge on any atom is -0.493 e. The van der Waals surface area contributed by atoms with E-state index in [9.17, 15) is 14.7 Å². The topological polar surface area (TPSA) is 94.1 Å². The minimum atomic E-state index is -0.892. The molecule has 0 saturated heterocycles. The lowest BCUT2D eigenvalue weighted by molar-refractivity contribution is -0.157. The summed E-state index contributed by atoms with van der Waals surface area (Å²) in [6, 6.07) is 3.50. The number of ether oxygens (including phenoxy) is 3. The first-order chi connectivity index (χ1) is 11.5. The van der Waals surface area contributed by atoms with Gasteiger partial charge in [-0.25, -0.2) is 0 Å². The molecule has 1 saturated carbocycles. The number of benzene rings is 1. The Morgan fingerprint density at radius 1 is 1.12 bits per heavy atom. The van der Waals surface area contributed by atoms with Gasteiger partial charge in [0.05, 0.1) is 26.7 Å². The maximum Gasteiger partial charge on any atom is 0.310 e. The van der Waals surface area contributed by atoms with Crippen molar-refractivity contribution in [1.82, 2.24) is 5.32 Å². The normalized spacial score (nSPS) is 15.1. The zero-order valence-electron chi connectivity index (χ0n) is 14.2. The van der Waals surface area contributed by atoms with Gasteiger partial charge in [-0.05, 0) is 30.5 Å². The largest absolute Gasteiger partial charge is 0.493 e. The number of methoxy groups -OCH3 is 3. The molecular weight excluding hydrogens is 314 g/mol. The molecule has 0 unspecified atom stereocenters. The Kier molecular flexibility index (Phi) is 5.54. The molecule has 7 nitrogen and oxygen atoms in total. The van der Waals surface area contributed by atoms with Crippen LogP contribution >= 0.6 is 0 Å². The highest BCUT2D eigenvalue weighted by Crippen LogP contribution is 2.44. The minimum absolute atomic E-state index is 0.00670. The Labute approximate surface area is 140 Å². The van der Waals surface area contributed by atoms with Crippen LogP contribution in [0.15, 0.2) is 12.1 Å². The summed E-state index contributed by atoms with van der Waals surface area (Å²) >= 11 is 0. The van der Waals surface area contributed by atoms with Crippen LogP contribution < -0.4 is 19.5 Å². The van der Waals surface area contributed by atoms with Gasteiger partial charge in [-0.3, -0.25) is 9.59 Å². The molecule has 1 aliphatic carbocycles. The number of hydrogen-bond donors (Lipinski definition) is 2. The average Bonchev–Trinajstić information content (AvgIpc) is 2.54. The van der Waals surface area contributed by atoms with Crippen molar-refractivity contribution in [1.29, 1.82) is 0 Å². The molecule has 0 aromatic heterocycles. The molecule has 0 heterocycles. The van der Waals surface area contributed by atoms with Crippen molar-refractivity contribution in [2.45, 2.75) is 32.2 Å². The van der Waals surface area contributed by atoms with Crippen LogP contribution in [0.25, 0.3) is 0 Å². The molecule has 1 aromatic carbocycles. The molecule has 1 amide bonds. The smallest absolute Gasteiger partial charge is 0.310 e. The van der Waals surface area contributed by atoms with Crippen LogP contribution in [-0.2, 0) is 16.1 Å². The van der Waals surface area contributed by atoms with Crippen LogP contribution in [0.2, 0.25) is 0 Å². The number of hydrogen-bond acceptors (Lipinski definition) is 5. The van der Waals surface area contributed by atoms with Gasteiger partial charge in [-0.1, -0.05) is 6.42 Å². The highest BCUT2D eigenvalue weighted by molar-refractivity contribution is 5.85. The molecule has 2 N–H and O–H groups in total. The Morgan fingerprint density at radius 3 is 2.08 bits per heavy atom. The van der Waals surface area contributed by atoms with Crippen molar-refractivity contribution >= 4 is 11.9 Å². The maximum absolute atomic E-state index is 12.1. The van der Waals surface area contributed by atoms with Crippen LogP contribution in [0.5, 0.6) is 17.2 Å². The Hall–Kier alpha value is -2.44. The summed E-state index contributed by atoms with van der Waals surface area (Å²) in [7, 11) is 4.56. The van der Waals surface area contributed by atoms with Crippen molar-refractivity contribution in [3.8, 4) is 17.2 Å². The molecule has 0 aliphatic heterocycles. The van der Waals surface area contributed by atoms with Gasteiger partial charge in [0.1, 0.15) is 0 Å². The van der Waals surface area contributed by atoms with Gasteiger partial charge in [0.25, 0.3) is 0 Å². The van der Waals surface area contributed by atoms with Crippen LogP contribution in [0.3, 0.4) is 0 Å². The molecular formula is C17H23NO6. The molecule has 1 aliphatic rings. The number of carbonyl (C=O) groups excluding carboxylic acids is 1. The molecule has 0 bridgehead atoms.